The lowest BCUT2D eigenvalue weighted by Gasteiger charge is -2.43. The first-order valence-electron chi connectivity index (χ1n) is 13.7. The van der Waals surface area contributed by atoms with Gasteiger partial charge in [0.1, 0.15) is 11.4 Å². The number of piperidine rings is 1. The Morgan fingerprint density at radius 2 is 1.67 bits per heavy atom. The van der Waals surface area contributed by atoms with Crippen LogP contribution in [0.4, 0.5) is 0 Å². The van der Waals surface area contributed by atoms with Crippen LogP contribution in [0.3, 0.4) is 0 Å². The molecule has 2 bridgehead atoms. The van der Waals surface area contributed by atoms with Crippen LogP contribution in [0, 0.1) is 5.92 Å². The second kappa shape index (κ2) is 9.20. The normalized spacial score (nSPS) is 22.2. The Bertz CT molecular complexity index is 1650. The molecule has 7 rings (SSSR count). The summed E-state index contributed by atoms with van der Waals surface area (Å²) in [6.45, 7) is 2.54. The maximum atomic E-state index is 13.0. The molecule has 1 saturated carbocycles. The number of aromatic amines is 2. The van der Waals surface area contributed by atoms with E-state index in [4.69, 9.17) is 4.98 Å². The van der Waals surface area contributed by atoms with Crippen LogP contribution in [0.2, 0.25) is 0 Å². The molecule has 0 radical (unpaired) electrons. The zero-order valence-electron chi connectivity index (χ0n) is 22.2. The molecule has 1 saturated heterocycles. The van der Waals surface area contributed by atoms with E-state index in [1.54, 1.807) is 6.33 Å². The first-order chi connectivity index (χ1) is 19.0. The summed E-state index contributed by atoms with van der Waals surface area (Å²) in [5.74, 6) is 1.48. The number of hydrogen-bond acceptors (Lipinski definition) is 4. The summed E-state index contributed by atoms with van der Waals surface area (Å²) in [5, 5.41) is 5.44. The number of likely N-dealkylation sites (N-methyl/N-ethyl adjacent to an activating group) is 1. The first kappa shape index (κ1) is 23.9. The summed E-state index contributed by atoms with van der Waals surface area (Å²) in [6, 6.07) is 22.0. The predicted molar refractivity (Wildman–Crippen MR) is 154 cm³/mol. The zero-order valence-corrected chi connectivity index (χ0v) is 22.2. The largest absolute Gasteiger partial charge is 0.345 e. The first-order valence-corrected chi connectivity index (χ1v) is 13.7. The van der Waals surface area contributed by atoms with Crippen molar-refractivity contribution in [3.63, 3.8) is 0 Å². The smallest absolute Gasteiger partial charge is 0.237 e. The van der Waals surface area contributed by atoms with Crippen molar-refractivity contribution < 1.29 is 4.79 Å². The SMILES string of the molecule is CNCC(=O)N1[C@@H]2CC[C@@H](C2)[C@@]1(C)c1ncc(-c2ccc(-c3ccc4cc(-c5cnc[nH]5)ccc4c3)cc2)[nH]1. The second-order valence-corrected chi connectivity index (χ2v) is 11.1. The van der Waals surface area contributed by atoms with Crippen molar-refractivity contribution in [2.75, 3.05) is 13.6 Å². The van der Waals surface area contributed by atoms with Crippen molar-refractivity contribution in [2.24, 2.45) is 5.92 Å². The molecule has 1 aliphatic heterocycles. The molecule has 7 nitrogen and oxygen atoms in total. The fourth-order valence-electron chi connectivity index (χ4n) is 6.86. The van der Waals surface area contributed by atoms with Gasteiger partial charge in [0.15, 0.2) is 0 Å². The van der Waals surface area contributed by atoms with Gasteiger partial charge in [0.25, 0.3) is 0 Å². The lowest BCUT2D eigenvalue weighted by molar-refractivity contribution is -0.139. The van der Waals surface area contributed by atoms with E-state index >= 15 is 0 Å². The molecule has 1 aliphatic carbocycles. The number of amides is 1. The fraction of sp³-hybridized carbons (Fsp3) is 0.281. The molecule has 3 N–H and O–H groups in total. The van der Waals surface area contributed by atoms with E-state index in [1.165, 1.54) is 21.9 Å². The van der Waals surface area contributed by atoms with Crippen LogP contribution in [0.15, 0.2) is 79.4 Å². The maximum Gasteiger partial charge on any atom is 0.237 e. The predicted octanol–water partition coefficient (Wildman–Crippen LogP) is 5.73. The monoisotopic (exact) mass is 516 g/mol. The van der Waals surface area contributed by atoms with Crippen molar-refractivity contribution in [3.8, 4) is 33.6 Å². The highest BCUT2D eigenvalue weighted by molar-refractivity contribution is 5.90. The fourth-order valence-corrected chi connectivity index (χ4v) is 6.86. The van der Waals surface area contributed by atoms with Crippen molar-refractivity contribution >= 4 is 16.7 Å². The Hall–Kier alpha value is -4.23. The maximum absolute atomic E-state index is 13.0. The molecule has 1 amide bonds. The Morgan fingerprint density at radius 1 is 0.949 bits per heavy atom. The van der Waals surface area contributed by atoms with Crippen LogP contribution in [-0.2, 0) is 10.3 Å². The number of fused-ring (bicyclic) bond motifs is 3. The van der Waals surface area contributed by atoms with Crippen LogP contribution in [-0.4, -0.2) is 50.4 Å². The second-order valence-electron chi connectivity index (χ2n) is 11.1. The number of hydrogen-bond donors (Lipinski definition) is 3. The number of benzene rings is 3. The number of nitrogens with one attached hydrogen (secondary N) is 3. The van der Waals surface area contributed by atoms with Gasteiger partial charge in [0, 0.05) is 11.6 Å². The molecule has 0 unspecified atom stereocenters. The van der Waals surface area contributed by atoms with Crippen LogP contribution in [0.1, 0.15) is 32.0 Å². The number of aromatic nitrogens is 4. The van der Waals surface area contributed by atoms with Crippen molar-refractivity contribution in [1.29, 1.82) is 0 Å². The summed E-state index contributed by atoms with van der Waals surface area (Å²) in [5.41, 5.74) is 6.17. The Labute approximate surface area is 227 Å². The molecule has 2 fully saturated rings. The molecule has 3 atom stereocenters. The number of likely N-dealkylation sites (tertiary alicyclic amines) is 1. The molecule has 0 spiro atoms. The lowest BCUT2D eigenvalue weighted by Crippen LogP contribution is -2.54. The van der Waals surface area contributed by atoms with Gasteiger partial charge in [-0.15, -0.1) is 0 Å². The lowest BCUT2D eigenvalue weighted by atomic mass is 9.83. The van der Waals surface area contributed by atoms with Crippen molar-refractivity contribution in [3.05, 3.63) is 85.2 Å². The average molecular weight is 517 g/mol. The van der Waals surface area contributed by atoms with Gasteiger partial charge in [-0.1, -0.05) is 48.5 Å². The van der Waals surface area contributed by atoms with Gasteiger partial charge in [-0.25, -0.2) is 9.97 Å². The van der Waals surface area contributed by atoms with E-state index in [0.29, 0.717) is 18.5 Å². The summed E-state index contributed by atoms with van der Waals surface area (Å²) in [7, 11) is 1.83. The van der Waals surface area contributed by atoms with Crippen LogP contribution >= 0.6 is 0 Å². The molecule has 3 heterocycles. The highest BCUT2D eigenvalue weighted by atomic mass is 16.2. The molecule has 39 heavy (non-hydrogen) atoms. The third kappa shape index (κ3) is 3.88. The molecule has 7 heteroatoms. The van der Waals surface area contributed by atoms with Gasteiger partial charge >= 0.3 is 0 Å². The number of carbonyl (C=O) groups is 1. The average Bonchev–Trinajstić information content (AvgIpc) is 3.77. The summed E-state index contributed by atoms with van der Waals surface area (Å²) in [6.07, 6.45) is 8.76. The van der Waals surface area contributed by atoms with Crippen LogP contribution in [0.25, 0.3) is 44.4 Å². The van der Waals surface area contributed by atoms with Crippen molar-refractivity contribution in [1.82, 2.24) is 30.2 Å². The molecule has 2 aliphatic rings. The van der Waals surface area contributed by atoms with E-state index in [1.807, 2.05) is 19.4 Å². The van der Waals surface area contributed by atoms with Gasteiger partial charge in [-0.2, -0.15) is 0 Å². The van der Waals surface area contributed by atoms with Crippen molar-refractivity contribution in [2.45, 2.75) is 37.8 Å². The Balaban J connectivity index is 1.14. The zero-order chi connectivity index (χ0) is 26.6. The topological polar surface area (TPSA) is 89.7 Å². The number of rotatable bonds is 6. The van der Waals surface area contributed by atoms with E-state index in [0.717, 1.165) is 47.6 Å². The number of nitrogens with zero attached hydrogens (tertiary/aromatic N) is 3. The van der Waals surface area contributed by atoms with Gasteiger partial charge in [0.2, 0.25) is 5.91 Å². The van der Waals surface area contributed by atoms with Gasteiger partial charge < -0.3 is 20.2 Å². The molecule has 196 valence electrons. The van der Waals surface area contributed by atoms with E-state index in [9.17, 15) is 4.79 Å². The summed E-state index contributed by atoms with van der Waals surface area (Å²) in [4.78, 5) is 30.9. The summed E-state index contributed by atoms with van der Waals surface area (Å²) >= 11 is 0. The van der Waals surface area contributed by atoms with Gasteiger partial charge in [0.05, 0.1) is 36.7 Å². The minimum absolute atomic E-state index is 0.155. The molecule has 3 aromatic carbocycles. The highest BCUT2D eigenvalue weighted by Gasteiger charge is 2.57. The van der Waals surface area contributed by atoms with E-state index in [-0.39, 0.29) is 5.91 Å². The van der Waals surface area contributed by atoms with Crippen LogP contribution < -0.4 is 5.32 Å². The van der Waals surface area contributed by atoms with E-state index < -0.39 is 5.54 Å². The molecule has 2 aromatic heterocycles. The third-order valence-corrected chi connectivity index (χ3v) is 8.90. The standard InChI is InChI=1S/C32H32N6O/c1-32(26-11-12-27(15-26)38(32)30(39)18-33-2)31-35-17-29(37-31)21-5-3-20(4-6-21)22-7-8-24-14-25(10-9-23(24)13-22)28-16-34-19-36-28/h3-10,13-14,16-17,19,26-27,33H,11-12,15,18H2,1-2H3,(H,34,36)(H,35,37)/t26-,27+,32-/m0/s1. The molecule has 5 aromatic rings. The number of H-pyrrole nitrogens is 2. The van der Waals surface area contributed by atoms with E-state index in [2.05, 4.69) is 92.8 Å². The molecular weight excluding hydrogens is 484 g/mol. The highest BCUT2D eigenvalue weighted by Crippen LogP contribution is 2.53. The minimum atomic E-state index is -0.391. The summed E-state index contributed by atoms with van der Waals surface area (Å²) < 4.78 is 0. The van der Waals surface area contributed by atoms with Gasteiger partial charge in [-0.05, 0) is 78.7 Å². The molecular formula is C32H32N6O. The Kier molecular flexibility index (Phi) is 5.63. The Morgan fingerprint density at radius 3 is 2.41 bits per heavy atom. The number of imidazole rings is 2. The quantitative estimate of drug-likeness (QED) is 0.269. The van der Waals surface area contributed by atoms with Crippen LogP contribution in [0.5, 0.6) is 0 Å². The number of carbonyl (C=O) groups excluding carboxylic acids is 1. The minimum Gasteiger partial charge on any atom is -0.345 e. The van der Waals surface area contributed by atoms with Gasteiger partial charge in [-0.3, -0.25) is 4.79 Å². The third-order valence-electron chi connectivity index (χ3n) is 8.90.